The first-order valence-electron chi connectivity index (χ1n) is 25.4. The molecule has 0 amide bonds. The van der Waals surface area contributed by atoms with Crippen LogP contribution in [0.1, 0.15) is 239 Å². The van der Waals surface area contributed by atoms with Gasteiger partial charge < -0.3 is 23.8 Å². The first kappa shape index (κ1) is 57.8. The maximum absolute atomic E-state index is 12.8. The molecule has 0 aliphatic carbocycles. The predicted octanol–water partition coefficient (Wildman–Crippen LogP) is 14.4. The number of ether oxygens (including phenoxy) is 3. The number of unbranched alkanes of at least 4 members (excludes halogenated alkanes) is 28. The highest BCUT2D eigenvalue weighted by Gasteiger charge is 2.31. The number of likely N-dealkylation sites (N-methyl/N-ethyl adjacent to an activating group) is 1. The van der Waals surface area contributed by atoms with Crippen LogP contribution in [0.2, 0.25) is 0 Å². The number of carbonyl (C=O) groups is 3. The summed E-state index contributed by atoms with van der Waals surface area (Å²) in [5.74, 6) is -1.47. The van der Waals surface area contributed by atoms with E-state index >= 15 is 0 Å². The van der Waals surface area contributed by atoms with Crippen LogP contribution < -0.4 is 0 Å². The summed E-state index contributed by atoms with van der Waals surface area (Å²) in [5.41, 5.74) is 0. The van der Waals surface area contributed by atoms with Gasteiger partial charge in [0.05, 0.1) is 34.4 Å². The Hall–Kier alpha value is -2.19. The van der Waals surface area contributed by atoms with E-state index in [1.54, 1.807) is 0 Å². The Morgan fingerprint density at radius 1 is 0.483 bits per heavy atom. The SMILES string of the molecule is CCCCCC/C=C\CCCCCCCC(=O)OCC(COCCC(C(=O)O)[N+](C)(C)C)OC(=O)CCCCCCCCCCCCC/C=C\CCCCCCCCCC. The summed E-state index contributed by atoms with van der Waals surface area (Å²) in [6, 6.07) is -0.614. The van der Waals surface area contributed by atoms with Crippen molar-refractivity contribution < 1.29 is 38.2 Å². The molecule has 8 heteroatoms. The molecule has 0 saturated heterocycles. The molecule has 2 atom stereocenters. The summed E-state index contributed by atoms with van der Waals surface area (Å²) in [6.07, 6.45) is 49.4. The molecule has 0 aromatic carbocycles. The Labute approximate surface area is 371 Å². The van der Waals surface area contributed by atoms with Crippen molar-refractivity contribution in [1.29, 1.82) is 0 Å². The van der Waals surface area contributed by atoms with Crippen LogP contribution in [-0.2, 0) is 28.6 Å². The predicted molar refractivity (Wildman–Crippen MR) is 252 cm³/mol. The highest BCUT2D eigenvalue weighted by atomic mass is 16.6. The lowest BCUT2D eigenvalue weighted by Crippen LogP contribution is -2.50. The van der Waals surface area contributed by atoms with Crippen LogP contribution in [0.3, 0.4) is 0 Å². The Balaban J connectivity index is 4.19. The van der Waals surface area contributed by atoms with Gasteiger partial charge in [-0.3, -0.25) is 9.59 Å². The van der Waals surface area contributed by atoms with Gasteiger partial charge in [-0.15, -0.1) is 0 Å². The number of hydrogen-bond donors (Lipinski definition) is 1. The molecule has 8 nitrogen and oxygen atoms in total. The molecular weight excluding hydrogens is 751 g/mol. The number of nitrogens with zero attached hydrogens (tertiary/aromatic N) is 1. The minimum atomic E-state index is -0.874. The van der Waals surface area contributed by atoms with Crippen molar-refractivity contribution in [3.05, 3.63) is 24.3 Å². The second kappa shape index (κ2) is 43.5. The highest BCUT2D eigenvalue weighted by Crippen LogP contribution is 2.16. The van der Waals surface area contributed by atoms with Crippen LogP contribution in [0.5, 0.6) is 0 Å². The zero-order valence-corrected chi connectivity index (χ0v) is 40.2. The minimum Gasteiger partial charge on any atom is -0.477 e. The second-order valence-corrected chi connectivity index (χ2v) is 18.4. The lowest BCUT2D eigenvalue weighted by atomic mass is 10.0. The number of aliphatic carboxylic acids is 1. The molecule has 1 N–H and O–H groups in total. The van der Waals surface area contributed by atoms with Crippen LogP contribution >= 0.6 is 0 Å². The normalized spacial score (nSPS) is 13.0. The third kappa shape index (κ3) is 41.2. The van der Waals surface area contributed by atoms with Gasteiger partial charge in [0.25, 0.3) is 0 Å². The van der Waals surface area contributed by atoms with Gasteiger partial charge in [-0.05, 0) is 64.2 Å². The molecule has 0 heterocycles. The van der Waals surface area contributed by atoms with E-state index in [-0.39, 0.29) is 36.2 Å². The summed E-state index contributed by atoms with van der Waals surface area (Å²) >= 11 is 0. The van der Waals surface area contributed by atoms with Crippen molar-refractivity contribution in [2.24, 2.45) is 0 Å². The molecule has 0 aromatic rings. The van der Waals surface area contributed by atoms with Crippen molar-refractivity contribution in [2.45, 2.75) is 251 Å². The molecule has 0 aromatic heterocycles. The summed E-state index contributed by atoms with van der Waals surface area (Å²) < 4.78 is 17.3. The summed E-state index contributed by atoms with van der Waals surface area (Å²) in [4.78, 5) is 37.1. The van der Waals surface area contributed by atoms with E-state index in [1.807, 2.05) is 21.1 Å². The van der Waals surface area contributed by atoms with E-state index in [2.05, 4.69) is 38.2 Å². The third-order valence-electron chi connectivity index (χ3n) is 11.6. The Morgan fingerprint density at radius 3 is 1.22 bits per heavy atom. The van der Waals surface area contributed by atoms with E-state index in [9.17, 15) is 19.5 Å². The van der Waals surface area contributed by atoms with Crippen LogP contribution in [0.4, 0.5) is 0 Å². The maximum Gasteiger partial charge on any atom is 0.362 e. The van der Waals surface area contributed by atoms with E-state index in [1.165, 1.54) is 161 Å². The minimum absolute atomic E-state index is 0.0521. The molecule has 2 unspecified atom stereocenters. The number of esters is 2. The lowest BCUT2D eigenvalue weighted by molar-refractivity contribution is -0.887. The zero-order valence-electron chi connectivity index (χ0n) is 40.2. The van der Waals surface area contributed by atoms with E-state index in [4.69, 9.17) is 14.2 Å². The van der Waals surface area contributed by atoms with Gasteiger partial charge in [-0.25, -0.2) is 4.79 Å². The Kier molecular flexibility index (Phi) is 41.9. The Bertz CT molecular complexity index is 1040. The molecule has 0 fully saturated rings. The smallest absolute Gasteiger partial charge is 0.362 e. The van der Waals surface area contributed by atoms with Crippen molar-refractivity contribution in [3.8, 4) is 0 Å². The van der Waals surface area contributed by atoms with Crippen molar-refractivity contribution in [3.63, 3.8) is 0 Å². The van der Waals surface area contributed by atoms with Gasteiger partial charge in [-0.2, -0.15) is 0 Å². The fourth-order valence-corrected chi connectivity index (χ4v) is 7.61. The molecule has 0 aliphatic heterocycles. The molecular formula is C52H98NO7+. The number of rotatable bonds is 46. The molecule has 0 bridgehead atoms. The average molecular weight is 849 g/mol. The van der Waals surface area contributed by atoms with E-state index in [0.717, 1.165) is 44.9 Å². The van der Waals surface area contributed by atoms with Crippen LogP contribution in [0, 0.1) is 0 Å². The summed E-state index contributed by atoms with van der Waals surface area (Å²) in [6.45, 7) is 4.74. The van der Waals surface area contributed by atoms with Gasteiger partial charge >= 0.3 is 17.9 Å². The molecule has 352 valence electrons. The van der Waals surface area contributed by atoms with Crippen molar-refractivity contribution in [1.82, 2.24) is 0 Å². The van der Waals surface area contributed by atoms with Gasteiger partial charge in [0.15, 0.2) is 12.1 Å². The standard InChI is InChI=1S/C52H97NO7/c1-6-8-10-12-14-16-18-20-21-22-23-24-25-26-27-28-29-31-33-35-37-39-41-43-51(55)60-48(46-58-45-44-49(52(56)57)53(3,4)5)47-59-50(54)42-40-38-36-34-32-30-19-17-15-13-11-9-7-2/h17,19,22-23,48-49H,6-16,18,20-21,24-47H2,1-5H3/p+1/b19-17-,23-22-. The molecule has 0 aliphatic rings. The quantitative estimate of drug-likeness (QED) is 0.0282. The average Bonchev–Trinajstić information content (AvgIpc) is 3.21. The number of hydrogen-bond acceptors (Lipinski definition) is 6. The monoisotopic (exact) mass is 849 g/mol. The fourth-order valence-electron chi connectivity index (χ4n) is 7.61. The molecule has 0 saturated carbocycles. The van der Waals surface area contributed by atoms with Crippen molar-refractivity contribution >= 4 is 17.9 Å². The van der Waals surface area contributed by atoms with E-state index < -0.39 is 18.1 Å². The largest absolute Gasteiger partial charge is 0.477 e. The molecule has 0 rings (SSSR count). The second-order valence-electron chi connectivity index (χ2n) is 18.4. The molecule has 60 heavy (non-hydrogen) atoms. The van der Waals surface area contributed by atoms with Gasteiger partial charge in [0.2, 0.25) is 0 Å². The van der Waals surface area contributed by atoms with Gasteiger partial charge in [-0.1, -0.05) is 179 Å². The zero-order chi connectivity index (χ0) is 44.2. The van der Waals surface area contributed by atoms with Crippen LogP contribution in [0.15, 0.2) is 24.3 Å². The number of carboxylic acids is 1. The van der Waals surface area contributed by atoms with Crippen LogP contribution in [0.25, 0.3) is 0 Å². The summed E-state index contributed by atoms with van der Waals surface area (Å²) in [7, 11) is 5.54. The fraction of sp³-hybridized carbons (Fsp3) is 0.865. The lowest BCUT2D eigenvalue weighted by Gasteiger charge is -2.31. The highest BCUT2D eigenvalue weighted by molar-refractivity contribution is 5.72. The van der Waals surface area contributed by atoms with Gasteiger partial charge in [0, 0.05) is 19.3 Å². The number of quaternary nitrogens is 1. The van der Waals surface area contributed by atoms with Crippen molar-refractivity contribution in [2.75, 3.05) is 41.0 Å². The molecule has 0 spiro atoms. The topological polar surface area (TPSA) is 99.1 Å². The maximum atomic E-state index is 12.8. The van der Waals surface area contributed by atoms with Gasteiger partial charge in [0.1, 0.15) is 6.61 Å². The Morgan fingerprint density at radius 2 is 0.833 bits per heavy atom. The molecule has 0 radical (unpaired) electrons. The third-order valence-corrected chi connectivity index (χ3v) is 11.6. The number of carbonyl (C=O) groups excluding carboxylic acids is 2. The summed E-state index contributed by atoms with van der Waals surface area (Å²) in [5, 5.41) is 9.64. The number of allylic oxidation sites excluding steroid dienone is 4. The van der Waals surface area contributed by atoms with Crippen LogP contribution in [-0.4, -0.2) is 80.6 Å². The van der Waals surface area contributed by atoms with E-state index in [0.29, 0.717) is 19.3 Å². The first-order chi connectivity index (χ1) is 29.1. The first-order valence-corrected chi connectivity index (χ1v) is 25.4. The number of carboxylic acid groups (broad SMARTS) is 1.